The Kier molecular flexibility index (Phi) is 5.82. The van der Waals surface area contributed by atoms with Gasteiger partial charge in [0.2, 0.25) is 0 Å². The van der Waals surface area contributed by atoms with Crippen molar-refractivity contribution in [3.05, 3.63) is 42.0 Å². The average Bonchev–Trinajstić information content (AvgIpc) is 3.53. The fourth-order valence-corrected chi connectivity index (χ4v) is 3.20. The van der Waals surface area contributed by atoms with Crippen LogP contribution in [0.4, 0.5) is 10.5 Å². The minimum Gasteiger partial charge on any atom is -0.497 e. The molecule has 3 rings (SSSR count). The lowest BCUT2D eigenvalue weighted by atomic mass is 9.95. The summed E-state index contributed by atoms with van der Waals surface area (Å²) < 4.78 is 21.2. The van der Waals surface area contributed by atoms with Gasteiger partial charge in [0, 0.05) is 18.0 Å². The summed E-state index contributed by atoms with van der Waals surface area (Å²) in [6.45, 7) is 0.535. The maximum atomic E-state index is 12.4. The third kappa shape index (κ3) is 4.08. The van der Waals surface area contributed by atoms with E-state index in [9.17, 15) is 4.79 Å². The zero-order valence-corrected chi connectivity index (χ0v) is 16.6. The van der Waals surface area contributed by atoms with Crippen molar-refractivity contribution in [1.82, 2.24) is 5.32 Å². The van der Waals surface area contributed by atoms with Gasteiger partial charge in [-0.1, -0.05) is 6.07 Å². The van der Waals surface area contributed by atoms with Crippen LogP contribution in [-0.4, -0.2) is 41.0 Å². The van der Waals surface area contributed by atoms with Crippen LogP contribution in [-0.2, 0) is 5.41 Å². The van der Waals surface area contributed by atoms with Gasteiger partial charge in [-0.25, -0.2) is 4.79 Å². The maximum absolute atomic E-state index is 12.4. The van der Waals surface area contributed by atoms with E-state index in [0.717, 1.165) is 18.4 Å². The standard InChI is InChI=1S/C21H26N2O5/c1-25-15-6-7-16(18(12-15)27-3)23-20(24)22-13-21(9-10-21)14-5-8-17(26-2)19(11-14)28-4/h5-8,11-12H,9-10,13H2,1-4H3,(H2,22,23,24). The number of anilines is 1. The van der Waals surface area contributed by atoms with E-state index in [1.807, 2.05) is 18.2 Å². The van der Waals surface area contributed by atoms with Crippen molar-refractivity contribution < 1.29 is 23.7 Å². The van der Waals surface area contributed by atoms with Crippen LogP contribution in [0.2, 0.25) is 0 Å². The summed E-state index contributed by atoms with van der Waals surface area (Å²) in [5.41, 5.74) is 1.64. The minimum absolute atomic E-state index is 0.0686. The average molecular weight is 386 g/mol. The molecule has 2 amide bonds. The Morgan fingerprint density at radius 1 is 0.893 bits per heavy atom. The summed E-state index contributed by atoms with van der Waals surface area (Å²) >= 11 is 0. The van der Waals surface area contributed by atoms with Crippen molar-refractivity contribution in [2.75, 3.05) is 40.3 Å². The van der Waals surface area contributed by atoms with E-state index in [2.05, 4.69) is 10.6 Å². The van der Waals surface area contributed by atoms with Crippen LogP contribution >= 0.6 is 0 Å². The number of nitrogens with one attached hydrogen (secondary N) is 2. The quantitative estimate of drug-likeness (QED) is 0.725. The summed E-state index contributed by atoms with van der Waals surface area (Å²) in [4.78, 5) is 12.4. The lowest BCUT2D eigenvalue weighted by molar-refractivity contribution is 0.251. The summed E-state index contributed by atoms with van der Waals surface area (Å²) in [6.07, 6.45) is 2.02. The van der Waals surface area contributed by atoms with E-state index in [4.69, 9.17) is 18.9 Å². The van der Waals surface area contributed by atoms with Crippen LogP contribution in [0.1, 0.15) is 18.4 Å². The molecule has 7 heteroatoms. The van der Waals surface area contributed by atoms with Gasteiger partial charge >= 0.3 is 6.03 Å². The maximum Gasteiger partial charge on any atom is 0.319 e. The highest BCUT2D eigenvalue weighted by Crippen LogP contribution is 2.49. The highest BCUT2D eigenvalue weighted by atomic mass is 16.5. The molecular weight excluding hydrogens is 360 g/mol. The predicted molar refractivity (Wildman–Crippen MR) is 107 cm³/mol. The number of hydrogen-bond acceptors (Lipinski definition) is 5. The molecule has 2 aromatic rings. The van der Waals surface area contributed by atoms with Gasteiger partial charge in [-0.2, -0.15) is 0 Å². The third-order valence-electron chi connectivity index (χ3n) is 5.09. The number of methoxy groups -OCH3 is 4. The van der Waals surface area contributed by atoms with Crippen molar-refractivity contribution in [2.24, 2.45) is 0 Å². The second-order valence-corrected chi connectivity index (χ2v) is 6.72. The molecule has 0 aromatic heterocycles. The van der Waals surface area contributed by atoms with Gasteiger partial charge in [0.15, 0.2) is 11.5 Å². The summed E-state index contributed by atoms with van der Waals surface area (Å²) in [7, 11) is 6.37. The monoisotopic (exact) mass is 386 g/mol. The third-order valence-corrected chi connectivity index (χ3v) is 5.09. The molecular formula is C21H26N2O5. The molecule has 0 atom stereocenters. The van der Waals surface area contributed by atoms with Crippen LogP contribution < -0.4 is 29.6 Å². The molecule has 2 aromatic carbocycles. The molecule has 7 nitrogen and oxygen atoms in total. The smallest absolute Gasteiger partial charge is 0.319 e. The molecule has 0 unspecified atom stereocenters. The fourth-order valence-electron chi connectivity index (χ4n) is 3.20. The highest BCUT2D eigenvalue weighted by Gasteiger charge is 2.44. The Balaban J connectivity index is 1.65. The molecule has 28 heavy (non-hydrogen) atoms. The Bertz CT molecular complexity index is 849. The van der Waals surface area contributed by atoms with Crippen molar-refractivity contribution >= 4 is 11.7 Å². The van der Waals surface area contributed by atoms with Crippen LogP contribution in [0.5, 0.6) is 23.0 Å². The predicted octanol–water partition coefficient (Wildman–Crippen LogP) is 3.57. The van der Waals surface area contributed by atoms with Gasteiger partial charge in [-0.3, -0.25) is 0 Å². The van der Waals surface area contributed by atoms with Crippen molar-refractivity contribution in [3.8, 4) is 23.0 Å². The molecule has 150 valence electrons. The van der Waals surface area contributed by atoms with E-state index in [-0.39, 0.29) is 11.4 Å². The summed E-state index contributed by atoms with van der Waals surface area (Å²) in [6, 6.07) is 10.9. The number of rotatable bonds is 8. The van der Waals surface area contributed by atoms with Crippen LogP contribution in [0.3, 0.4) is 0 Å². The number of ether oxygens (including phenoxy) is 4. The number of benzene rings is 2. The van der Waals surface area contributed by atoms with Gasteiger partial charge in [-0.15, -0.1) is 0 Å². The van der Waals surface area contributed by atoms with Gasteiger partial charge in [0.25, 0.3) is 0 Å². The molecule has 2 N–H and O–H groups in total. The van der Waals surface area contributed by atoms with E-state index < -0.39 is 0 Å². The fraction of sp³-hybridized carbons (Fsp3) is 0.381. The topological polar surface area (TPSA) is 78.1 Å². The zero-order valence-electron chi connectivity index (χ0n) is 16.6. The SMILES string of the molecule is COc1ccc(NC(=O)NCC2(c3ccc(OC)c(OC)c3)CC2)c(OC)c1. The second-order valence-electron chi connectivity index (χ2n) is 6.72. The van der Waals surface area contributed by atoms with Gasteiger partial charge in [0.05, 0.1) is 34.1 Å². The van der Waals surface area contributed by atoms with Gasteiger partial charge in [0.1, 0.15) is 11.5 Å². The Hall–Kier alpha value is -3.09. The largest absolute Gasteiger partial charge is 0.497 e. The number of carbonyl (C=O) groups is 1. The number of hydrogen-bond donors (Lipinski definition) is 2. The van der Waals surface area contributed by atoms with E-state index >= 15 is 0 Å². The Morgan fingerprint density at radius 3 is 2.21 bits per heavy atom. The molecule has 0 saturated heterocycles. The first-order valence-electron chi connectivity index (χ1n) is 9.04. The number of carbonyl (C=O) groups excluding carboxylic acids is 1. The van der Waals surface area contributed by atoms with Gasteiger partial charge < -0.3 is 29.6 Å². The first kappa shape index (κ1) is 19.7. The van der Waals surface area contributed by atoms with Crippen molar-refractivity contribution in [2.45, 2.75) is 18.3 Å². The number of urea groups is 1. The first-order chi connectivity index (χ1) is 13.5. The summed E-state index contributed by atoms with van der Waals surface area (Å²) in [5.74, 6) is 2.58. The van der Waals surface area contributed by atoms with E-state index in [1.165, 1.54) is 0 Å². The first-order valence-corrected chi connectivity index (χ1v) is 9.04. The lowest BCUT2D eigenvalue weighted by Crippen LogP contribution is -2.35. The highest BCUT2D eigenvalue weighted by molar-refractivity contribution is 5.91. The second kappa shape index (κ2) is 8.29. The zero-order chi connectivity index (χ0) is 20.1. The van der Waals surface area contributed by atoms with Crippen molar-refractivity contribution in [1.29, 1.82) is 0 Å². The van der Waals surface area contributed by atoms with Crippen LogP contribution in [0, 0.1) is 0 Å². The Labute approximate surface area is 164 Å². The molecule has 0 aliphatic heterocycles. The lowest BCUT2D eigenvalue weighted by Gasteiger charge is -2.19. The minimum atomic E-state index is -0.282. The molecule has 1 aliphatic carbocycles. The normalized spacial score (nSPS) is 14.0. The van der Waals surface area contributed by atoms with Crippen LogP contribution in [0.15, 0.2) is 36.4 Å². The summed E-state index contributed by atoms with van der Waals surface area (Å²) in [5, 5.41) is 5.80. The molecule has 0 bridgehead atoms. The molecule has 0 radical (unpaired) electrons. The van der Waals surface area contributed by atoms with Crippen LogP contribution in [0.25, 0.3) is 0 Å². The molecule has 1 fully saturated rings. The Morgan fingerprint density at radius 2 is 1.61 bits per heavy atom. The number of amides is 2. The molecule has 0 spiro atoms. The van der Waals surface area contributed by atoms with E-state index in [0.29, 0.717) is 35.2 Å². The molecule has 0 heterocycles. The van der Waals surface area contributed by atoms with E-state index in [1.54, 1.807) is 46.6 Å². The van der Waals surface area contributed by atoms with Gasteiger partial charge in [-0.05, 0) is 42.7 Å². The molecule has 1 saturated carbocycles. The molecule has 1 aliphatic rings. The van der Waals surface area contributed by atoms with Crippen molar-refractivity contribution in [3.63, 3.8) is 0 Å².